The minimum Gasteiger partial charge on any atom is -0.493 e. The lowest BCUT2D eigenvalue weighted by Crippen LogP contribution is -2.32. The molecule has 6 nitrogen and oxygen atoms in total. The first-order chi connectivity index (χ1) is 14.2. The van der Waals surface area contributed by atoms with Crippen LogP contribution in [0.15, 0.2) is 48.5 Å². The third-order valence-electron chi connectivity index (χ3n) is 5.63. The van der Waals surface area contributed by atoms with Gasteiger partial charge in [-0.2, -0.15) is 4.98 Å². The van der Waals surface area contributed by atoms with Crippen molar-refractivity contribution in [2.24, 2.45) is 0 Å². The van der Waals surface area contributed by atoms with Gasteiger partial charge in [0, 0.05) is 24.5 Å². The van der Waals surface area contributed by atoms with Crippen molar-refractivity contribution < 1.29 is 9.47 Å². The minimum atomic E-state index is 0.440. The standard InChI is InChI=1S/C23H22N4O2/c1-28-20-11-18-19(12-21(20)29-2)25-23(26-22(18)24)27-10-9-17-15(13-27)8-7-14-5-3-4-6-16(14)17/h3-8,11-12H,9-10,13H2,1-2H3,(H2,24,25,26). The zero-order valence-electron chi connectivity index (χ0n) is 16.5. The van der Waals surface area contributed by atoms with E-state index in [9.17, 15) is 0 Å². The first-order valence-electron chi connectivity index (χ1n) is 9.61. The van der Waals surface area contributed by atoms with Gasteiger partial charge in [-0.05, 0) is 34.4 Å². The third-order valence-corrected chi connectivity index (χ3v) is 5.63. The molecule has 1 aliphatic rings. The Bertz CT molecular complexity index is 1240. The summed E-state index contributed by atoms with van der Waals surface area (Å²) in [5, 5.41) is 3.38. The van der Waals surface area contributed by atoms with E-state index in [1.807, 2.05) is 12.1 Å². The van der Waals surface area contributed by atoms with Crippen LogP contribution in [-0.2, 0) is 13.0 Å². The minimum absolute atomic E-state index is 0.440. The molecule has 146 valence electrons. The van der Waals surface area contributed by atoms with Gasteiger partial charge < -0.3 is 20.1 Å². The molecule has 0 radical (unpaired) electrons. The van der Waals surface area contributed by atoms with E-state index < -0.39 is 0 Å². The van der Waals surface area contributed by atoms with Gasteiger partial charge in [-0.15, -0.1) is 0 Å². The molecule has 2 heterocycles. The molecule has 0 atom stereocenters. The molecule has 29 heavy (non-hydrogen) atoms. The number of rotatable bonds is 3. The van der Waals surface area contributed by atoms with Crippen LogP contribution in [-0.4, -0.2) is 30.7 Å². The van der Waals surface area contributed by atoms with Crippen molar-refractivity contribution in [3.05, 3.63) is 59.7 Å². The molecule has 0 saturated heterocycles. The monoisotopic (exact) mass is 386 g/mol. The molecule has 2 N–H and O–H groups in total. The molecule has 1 aromatic heterocycles. The second-order valence-corrected chi connectivity index (χ2v) is 7.23. The van der Waals surface area contributed by atoms with Gasteiger partial charge in [-0.3, -0.25) is 0 Å². The molecule has 0 unspecified atom stereocenters. The average molecular weight is 386 g/mol. The van der Waals surface area contributed by atoms with Gasteiger partial charge in [0.1, 0.15) is 5.82 Å². The molecule has 3 aromatic carbocycles. The van der Waals surface area contributed by atoms with Crippen LogP contribution in [0.5, 0.6) is 11.5 Å². The quantitative estimate of drug-likeness (QED) is 0.575. The second-order valence-electron chi connectivity index (χ2n) is 7.23. The van der Waals surface area contributed by atoms with Crippen molar-refractivity contribution in [1.29, 1.82) is 0 Å². The number of benzene rings is 3. The molecule has 0 bridgehead atoms. The third kappa shape index (κ3) is 2.88. The Morgan fingerprint density at radius 3 is 2.55 bits per heavy atom. The van der Waals surface area contributed by atoms with Crippen LogP contribution in [0, 0.1) is 0 Å². The first-order valence-corrected chi connectivity index (χ1v) is 9.61. The summed E-state index contributed by atoms with van der Waals surface area (Å²) in [5.74, 6) is 2.32. The highest BCUT2D eigenvalue weighted by Gasteiger charge is 2.21. The van der Waals surface area contributed by atoms with Crippen molar-refractivity contribution in [3.63, 3.8) is 0 Å². The van der Waals surface area contributed by atoms with E-state index in [2.05, 4.69) is 46.3 Å². The summed E-state index contributed by atoms with van der Waals surface area (Å²) >= 11 is 0. The van der Waals surface area contributed by atoms with Crippen LogP contribution in [0.3, 0.4) is 0 Å². The van der Waals surface area contributed by atoms with Crippen LogP contribution < -0.4 is 20.1 Å². The SMILES string of the molecule is COc1cc2nc(N3CCc4c(ccc5ccccc45)C3)nc(N)c2cc1OC. The van der Waals surface area contributed by atoms with Crippen LogP contribution in [0.2, 0.25) is 0 Å². The zero-order chi connectivity index (χ0) is 20.0. The van der Waals surface area contributed by atoms with E-state index in [0.717, 1.165) is 30.4 Å². The van der Waals surface area contributed by atoms with Crippen molar-refractivity contribution in [2.75, 3.05) is 31.4 Å². The van der Waals surface area contributed by atoms with Crippen molar-refractivity contribution in [1.82, 2.24) is 9.97 Å². The molecule has 4 aromatic rings. The number of nitrogens with two attached hydrogens (primary N) is 1. The highest BCUT2D eigenvalue weighted by atomic mass is 16.5. The molecule has 0 saturated carbocycles. The van der Waals surface area contributed by atoms with E-state index in [1.165, 1.54) is 21.9 Å². The summed E-state index contributed by atoms with van der Waals surface area (Å²) in [7, 11) is 3.21. The number of fused-ring (bicyclic) bond motifs is 4. The summed E-state index contributed by atoms with van der Waals surface area (Å²) in [6.07, 6.45) is 0.948. The molecule has 0 aliphatic carbocycles. The van der Waals surface area contributed by atoms with E-state index in [4.69, 9.17) is 20.2 Å². The number of anilines is 2. The lowest BCUT2D eigenvalue weighted by Gasteiger charge is -2.30. The van der Waals surface area contributed by atoms with Crippen molar-refractivity contribution >= 4 is 33.4 Å². The van der Waals surface area contributed by atoms with Gasteiger partial charge in [0.05, 0.1) is 19.7 Å². The van der Waals surface area contributed by atoms with Gasteiger partial charge in [-0.1, -0.05) is 36.4 Å². The lowest BCUT2D eigenvalue weighted by molar-refractivity contribution is 0.356. The summed E-state index contributed by atoms with van der Waals surface area (Å²) in [4.78, 5) is 11.5. The van der Waals surface area contributed by atoms with E-state index in [0.29, 0.717) is 23.3 Å². The normalized spacial score (nSPS) is 13.5. The zero-order valence-corrected chi connectivity index (χ0v) is 16.5. The predicted octanol–water partition coefficient (Wildman–Crippen LogP) is 3.95. The van der Waals surface area contributed by atoms with Gasteiger partial charge in [-0.25, -0.2) is 4.98 Å². The van der Waals surface area contributed by atoms with Crippen molar-refractivity contribution in [3.8, 4) is 11.5 Å². The highest BCUT2D eigenvalue weighted by Crippen LogP contribution is 2.35. The maximum atomic E-state index is 6.27. The highest BCUT2D eigenvalue weighted by molar-refractivity contribution is 5.92. The smallest absolute Gasteiger partial charge is 0.228 e. The summed E-state index contributed by atoms with van der Waals surface area (Å²) in [6, 6.07) is 16.6. The fourth-order valence-corrected chi connectivity index (χ4v) is 4.13. The Hall–Kier alpha value is -3.54. The molecular weight excluding hydrogens is 364 g/mol. The van der Waals surface area contributed by atoms with E-state index >= 15 is 0 Å². The van der Waals surface area contributed by atoms with Gasteiger partial charge in [0.25, 0.3) is 0 Å². The largest absolute Gasteiger partial charge is 0.493 e. The van der Waals surface area contributed by atoms with Gasteiger partial charge in [0.15, 0.2) is 11.5 Å². The first kappa shape index (κ1) is 17.6. The number of hydrogen-bond acceptors (Lipinski definition) is 6. The Morgan fingerprint density at radius 2 is 1.72 bits per heavy atom. The predicted molar refractivity (Wildman–Crippen MR) is 116 cm³/mol. The summed E-state index contributed by atoms with van der Waals surface area (Å²) in [5.41, 5.74) is 9.74. The van der Waals surface area contributed by atoms with Crippen LogP contribution in [0.25, 0.3) is 21.7 Å². The second kappa shape index (κ2) is 6.81. The Balaban J connectivity index is 1.55. The molecule has 0 fully saturated rings. The van der Waals surface area contributed by atoms with E-state index in [-0.39, 0.29) is 0 Å². The fraction of sp³-hybridized carbons (Fsp3) is 0.217. The number of ether oxygens (including phenoxy) is 2. The fourth-order valence-electron chi connectivity index (χ4n) is 4.13. The average Bonchev–Trinajstić information content (AvgIpc) is 2.77. The Kier molecular flexibility index (Phi) is 4.12. The molecule has 5 rings (SSSR count). The van der Waals surface area contributed by atoms with Gasteiger partial charge >= 0.3 is 0 Å². The number of hydrogen-bond donors (Lipinski definition) is 1. The number of nitrogen functional groups attached to an aromatic ring is 1. The van der Waals surface area contributed by atoms with Gasteiger partial charge in [0.2, 0.25) is 5.95 Å². The lowest BCUT2D eigenvalue weighted by atomic mass is 9.93. The summed E-state index contributed by atoms with van der Waals surface area (Å²) < 4.78 is 10.8. The number of aromatic nitrogens is 2. The number of methoxy groups -OCH3 is 2. The Morgan fingerprint density at radius 1 is 0.931 bits per heavy atom. The van der Waals surface area contributed by atoms with Crippen LogP contribution in [0.1, 0.15) is 11.1 Å². The van der Waals surface area contributed by atoms with Crippen LogP contribution >= 0.6 is 0 Å². The molecule has 1 aliphatic heterocycles. The number of nitrogens with zero attached hydrogens (tertiary/aromatic N) is 3. The van der Waals surface area contributed by atoms with Crippen LogP contribution in [0.4, 0.5) is 11.8 Å². The molecule has 0 amide bonds. The topological polar surface area (TPSA) is 73.5 Å². The Labute approximate surface area is 168 Å². The van der Waals surface area contributed by atoms with Crippen molar-refractivity contribution in [2.45, 2.75) is 13.0 Å². The van der Waals surface area contributed by atoms with E-state index in [1.54, 1.807) is 14.2 Å². The molecule has 6 heteroatoms. The maximum absolute atomic E-state index is 6.27. The summed E-state index contributed by atoms with van der Waals surface area (Å²) in [6.45, 7) is 1.61. The molecular formula is C23H22N4O2. The molecule has 0 spiro atoms. The maximum Gasteiger partial charge on any atom is 0.228 e.